The third-order valence-corrected chi connectivity index (χ3v) is 5.42. The van der Waals surface area contributed by atoms with Crippen LogP contribution in [0.2, 0.25) is 0 Å². The Balaban J connectivity index is 1.75. The number of aromatic nitrogens is 2. The lowest BCUT2D eigenvalue weighted by molar-refractivity contribution is 0.102. The van der Waals surface area contributed by atoms with E-state index >= 15 is 0 Å². The van der Waals surface area contributed by atoms with Crippen molar-refractivity contribution in [1.82, 2.24) is 9.78 Å². The number of thiophene rings is 1. The molecule has 1 amide bonds. The summed E-state index contributed by atoms with van der Waals surface area (Å²) in [5, 5.41) is 9.60. The Labute approximate surface area is 163 Å². The van der Waals surface area contributed by atoms with E-state index in [1.54, 1.807) is 22.2 Å². The maximum absolute atomic E-state index is 12.9. The number of nitrogens with one attached hydrogen (secondary N) is 1. The Morgan fingerprint density at radius 3 is 2.50 bits per heavy atom. The molecule has 0 aliphatic rings. The normalized spacial score (nSPS) is 10.7. The van der Waals surface area contributed by atoms with Crippen LogP contribution in [0, 0.1) is 0 Å². The number of carbonyl (C=O) groups is 1. The van der Waals surface area contributed by atoms with Crippen LogP contribution in [0.5, 0.6) is 0 Å². The van der Waals surface area contributed by atoms with Gasteiger partial charge in [0.25, 0.3) is 5.91 Å². The molecule has 0 atom stereocenters. The molecule has 0 saturated heterocycles. The number of nitrogens with zero attached hydrogens (tertiary/aromatic N) is 2. The van der Waals surface area contributed by atoms with E-state index in [1.165, 1.54) is 0 Å². The minimum atomic E-state index is -0.192. The Bertz CT molecular complexity index is 1040. The molecule has 1 N–H and O–H groups in total. The molecule has 26 heavy (non-hydrogen) atoms. The Morgan fingerprint density at radius 1 is 1.00 bits per heavy atom. The summed E-state index contributed by atoms with van der Waals surface area (Å²) in [5.41, 5.74) is 2.84. The highest BCUT2D eigenvalue weighted by Gasteiger charge is 2.20. The number of halogens is 1. The zero-order valence-electron chi connectivity index (χ0n) is 13.6. The van der Waals surface area contributed by atoms with Gasteiger partial charge in [-0.05, 0) is 51.6 Å². The lowest BCUT2D eigenvalue weighted by atomic mass is 10.2. The molecule has 0 unspecified atom stereocenters. The summed E-state index contributed by atoms with van der Waals surface area (Å²) in [4.78, 5) is 13.9. The van der Waals surface area contributed by atoms with E-state index in [0.29, 0.717) is 11.3 Å². The average molecular weight is 424 g/mol. The van der Waals surface area contributed by atoms with Crippen LogP contribution in [0.25, 0.3) is 16.3 Å². The minimum Gasteiger partial charge on any atom is -0.321 e. The summed E-state index contributed by atoms with van der Waals surface area (Å²) in [6, 6.07) is 21.2. The monoisotopic (exact) mass is 423 g/mol. The van der Waals surface area contributed by atoms with Gasteiger partial charge in [-0.2, -0.15) is 5.10 Å². The van der Waals surface area contributed by atoms with Gasteiger partial charge in [0.2, 0.25) is 0 Å². The molecular formula is C20H14BrN3OS. The van der Waals surface area contributed by atoms with Crippen molar-refractivity contribution in [2.24, 2.45) is 0 Å². The van der Waals surface area contributed by atoms with Crippen molar-refractivity contribution in [2.75, 3.05) is 5.32 Å². The molecule has 0 saturated carbocycles. The summed E-state index contributed by atoms with van der Waals surface area (Å²) in [6.07, 6.45) is 1.77. The van der Waals surface area contributed by atoms with Gasteiger partial charge in [-0.15, -0.1) is 11.3 Å². The molecule has 2 aromatic heterocycles. The molecule has 0 radical (unpaired) electrons. The quantitative estimate of drug-likeness (QED) is 0.463. The van der Waals surface area contributed by atoms with E-state index in [1.807, 2.05) is 72.1 Å². The summed E-state index contributed by atoms with van der Waals surface area (Å²) < 4.78 is 2.57. The van der Waals surface area contributed by atoms with Gasteiger partial charge in [0, 0.05) is 10.7 Å². The number of para-hydroxylation sites is 2. The smallest absolute Gasteiger partial charge is 0.259 e. The lowest BCUT2D eigenvalue weighted by Gasteiger charge is -2.06. The molecule has 4 aromatic rings. The molecule has 2 heterocycles. The first-order valence-corrected chi connectivity index (χ1v) is 9.64. The lowest BCUT2D eigenvalue weighted by Crippen LogP contribution is -2.12. The van der Waals surface area contributed by atoms with Crippen molar-refractivity contribution in [3.63, 3.8) is 0 Å². The summed E-state index contributed by atoms with van der Waals surface area (Å²) in [5.74, 6) is -0.192. The largest absolute Gasteiger partial charge is 0.321 e. The fraction of sp³-hybridized carbons (Fsp3) is 0. The maximum Gasteiger partial charge on any atom is 0.259 e. The topological polar surface area (TPSA) is 46.9 Å². The number of hydrogen-bond donors (Lipinski definition) is 1. The number of carbonyl (C=O) groups excluding carboxylic acids is 1. The van der Waals surface area contributed by atoms with E-state index < -0.39 is 0 Å². The first kappa shape index (κ1) is 16.8. The van der Waals surface area contributed by atoms with Gasteiger partial charge in [-0.3, -0.25) is 4.79 Å². The minimum absolute atomic E-state index is 0.192. The predicted molar refractivity (Wildman–Crippen MR) is 109 cm³/mol. The number of benzene rings is 2. The van der Waals surface area contributed by atoms with E-state index in [0.717, 1.165) is 20.7 Å². The predicted octanol–water partition coefficient (Wildman–Crippen LogP) is 5.62. The van der Waals surface area contributed by atoms with Gasteiger partial charge >= 0.3 is 0 Å². The molecule has 0 bridgehead atoms. The third-order valence-electron chi connectivity index (χ3n) is 3.86. The SMILES string of the molecule is O=C(Nc1ccccc1Br)c1cn(-c2ccccc2)nc1-c1cccs1. The Kier molecular flexibility index (Phi) is 4.69. The van der Waals surface area contributed by atoms with E-state index in [4.69, 9.17) is 0 Å². The Hall–Kier alpha value is -2.70. The second kappa shape index (κ2) is 7.27. The Morgan fingerprint density at radius 2 is 1.77 bits per heavy atom. The zero-order chi connectivity index (χ0) is 17.9. The van der Waals surface area contributed by atoms with Gasteiger partial charge in [0.05, 0.1) is 21.8 Å². The molecule has 2 aromatic carbocycles. The third kappa shape index (κ3) is 3.34. The van der Waals surface area contributed by atoms with Crippen molar-refractivity contribution in [3.05, 3.63) is 88.3 Å². The van der Waals surface area contributed by atoms with E-state index in [9.17, 15) is 4.79 Å². The molecule has 0 fully saturated rings. The second-order valence-electron chi connectivity index (χ2n) is 5.58. The highest BCUT2D eigenvalue weighted by Crippen LogP contribution is 2.29. The molecule has 4 rings (SSSR count). The summed E-state index contributed by atoms with van der Waals surface area (Å²) in [6.45, 7) is 0. The number of hydrogen-bond acceptors (Lipinski definition) is 3. The molecule has 0 spiro atoms. The maximum atomic E-state index is 12.9. The van der Waals surface area contributed by atoms with Crippen LogP contribution in [-0.2, 0) is 0 Å². The molecule has 128 valence electrons. The number of amides is 1. The standard InChI is InChI=1S/C20H14BrN3OS/c21-16-9-4-5-10-17(16)22-20(25)15-13-24(14-7-2-1-3-8-14)23-19(15)18-11-6-12-26-18/h1-13H,(H,22,25). The van der Waals surface area contributed by atoms with Gasteiger partial charge in [0.1, 0.15) is 5.69 Å². The van der Waals surface area contributed by atoms with Gasteiger partial charge in [-0.1, -0.05) is 36.4 Å². The van der Waals surface area contributed by atoms with Crippen LogP contribution < -0.4 is 5.32 Å². The molecule has 6 heteroatoms. The van der Waals surface area contributed by atoms with Crippen LogP contribution in [0.4, 0.5) is 5.69 Å². The van der Waals surface area contributed by atoms with Crippen molar-refractivity contribution in [3.8, 4) is 16.3 Å². The van der Waals surface area contributed by atoms with Crippen molar-refractivity contribution in [1.29, 1.82) is 0 Å². The zero-order valence-corrected chi connectivity index (χ0v) is 16.0. The fourth-order valence-corrected chi connectivity index (χ4v) is 3.71. The molecular weight excluding hydrogens is 410 g/mol. The van der Waals surface area contributed by atoms with Gasteiger partial charge < -0.3 is 5.32 Å². The van der Waals surface area contributed by atoms with Crippen LogP contribution in [0.15, 0.2) is 82.8 Å². The highest BCUT2D eigenvalue weighted by atomic mass is 79.9. The fourth-order valence-electron chi connectivity index (χ4n) is 2.60. The van der Waals surface area contributed by atoms with Crippen molar-refractivity contribution >= 4 is 38.9 Å². The number of rotatable bonds is 4. The van der Waals surface area contributed by atoms with Gasteiger partial charge in [0.15, 0.2) is 0 Å². The van der Waals surface area contributed by atoms with Crippen molar-refractivity contribution < 1.29 is 4.79 Å². The van der Waals surface area contributed by atoms with E-state index in [2.05, 4.69) is 26.3 Å². The first-order chi connectivity index (χ1) is 12.7. The van der Waals surface area contributed by atoms with Gasteiger partial charge in [-0.25, -0.2) is 4.68 Å². The molecule has 4 nitrogen and oxygen atoms in total. The summed E-state index contributed by atoms with van der Waals surface area (Å²) in [7, 11) is 0. The van der Waals surface area contributed by atoms with Crippen LogP contribution in [0.1, 0.15) is 10.4 Å². The highest BCUT2D eigenvalue weighted by molar-refractivity contribution is 9.10. The van der Waals surface area contributed by atoms with E-state index in [-0.39, 0.29) is 5.91 Å². The molecule has 0 aliphatic heterocycles. The second-order valence-corrected chi connectivity index (χ2v) is 7.38. The number of anilines is 1. The van der Waals surface area contributed by atoms with Crippen LogP contribution in [-0.4, -0.2) is 15.7 Å². The van der Waals surface area contributed by atoms with Crippen LogP contribution >= 0.6 is 27.3 Å². The molecule has 0 aliphatic carbocycles. The summed E-state index contributed by atoms with van der Waals surface area (Å²) >= 11 is 5.02. The van der Waals surface area contributed by atoms with Crippen molar-refractivity contribution in [2.45, 2.75) is 0 Å². The first-order valence-electron chi connectivity index (χ1n) is 7.97. The van der Waals surface area contributed by atoms with Crippen LogP contribution in [0.3, 0.4) is 0 Å². The average Bonchev–Trinajstić information content (AvgIpc) is 3.34.